The molecule has 0 aliphatic heterocycles. The Balaban J connectivity index is 1.31. The number of carbonyl (C=O) groups excluding carboxylic acids is 1. The molecule has 38 heavy (non-hydrogen) atoms. The molecule has 0 bridgehead atoms. The van der Waals surface area contributed by atoms with Gasteiger partial charge in [0, 0.05) is 30.9 Å². The average molecular weight is 553 g/mol. The van der Waals surface area contributed by atoms with E-state index in [4.69, 9.17) is 11.6 Å². The Labute approximate surface area is 222 Å². The summed E-state index contributed by atoms with van der Waals surface area (Å²) in [6.07, 6.45) is 3.50. The highest BCUT2D eigenvalue weighted by atomic mass is 35.5. The lowest BCUT2D eigenvalue weighted by molar-refractivity contribution is 0.101. The number of hydrogen-bond acceptors (Lipinski definition) is 5. The van der Waals surface area contributed by atoms with E-state index in [1.807, 2.05) is 30.3 Å². The minimum atomic E-state index is -3.90. The van der Waals surface area contributed by atoms with E-state index in [0.717, 1.165) is 18.1 Å². The van der Waals surface area contributed by atoms with Crippen molar-refractivity contribution in [1.82, 2.24) is 19.6 Å². The molecule has 0 aliphatic rings. The fraction of sp³-hybridized carbons (Fsp3) is 0.115. The van der Waals surface area contributed by atoms with Gasteiger partial charge >= 0.3 is 0 Å². The summed E-state index contributed by atoms with van der Waals surface area (Å²) in [5.41, 5.74) is 2.39. The van der Waals surface area contributed by atoms with Gasteiger partial charge in [-0.3, -0.25) is 18.9 Å². The standard InChI is InChI=1S/C26H22ClFN6O3S/c1-33-25(26(35)30-18-8-10-23(28)22(27)13-18)21-9-7-19(14-24(21)31-33)32-38(36,37)20-15-29-34(16-20)12-11-17-5-3-2-4-6-17/h2-10,13-16,32H,11-12H2,1H3,(H,30,35). The van der Waals surface area contributed by atoms with E-state index in [1.165, 1.54) is 35.3 Å². The maximum absolute atomic E-state index is 13.4. The molecular formula is C26H22ClFN6O3S. The van der Waals surface area contributed by atoms with E-state index in [9.17, 15) is 17.6 Å². The molecule has 194 valence electrons. The molecule has 1 amide bonds. The van der Waals surface area contributed by atoms with Crippen LogP contribution in [-0.4, -0.2) is 33.9 Å². The fourth-order valence-corrected chi connectivity index (χ4v) is 5.19. The van der Waals surface area contributed by atoms with Crippen molar-refractivity contribution >= 4 is 49.8 Å². The van der Waals surface area contributed by atoms with Crippen LogP contribution in [0.2, 0.25) is 5.02 Å². The first kappa shape index (κ1) is 25.4. The zero-order valence-corrected chi connectivity index (χ0v) is 21.7. The first-order valence-electron chi connectivity index (χ1n) is 11.5. The van der Waals surface area contributed by atoms with Crippen LogP contribution >= 0.6 is 11.6 Å². The zero-order chi connectivity index (χ0) is 26.9. The number of amides is 1. The Morgan fingerprint density at radius 1 is 1.05 bits per heavy atom. The van der Waals surface area contributed by atoms with Gasteiger partial charge in [0.2, 0.25) is 0 Å². The van der Waals surface area contributed by atoms with E-state index in [2.05, 4.69) is 20.2 Å². The largest absolute Gasteiger partial charge is 0.321 e. The number of aryl methyl sites for hydroxylation is 3. The van der Waals surface area contributed by atoms with Gasteiger partial charge < -0.3 is 5.32 Å². The third-order valence-electron chi connectivity index (χ3n) is 5.87. The lowest BCUT2D eigenvalue weighted by Gasteiger charge is -2.08. The van der Waals surface area contributed by atoms with Crippen LogP contribution < -0.4 is 10.0 Å². The monoisotopic (exact) mass is 552 g/mol. The Morgan fingerprint density at radius 2 is 1.82 bits per heavy atom. The summed E-state index contributed by atoms with van der Waals surface area (Å²) in [6.45, 7) is 0.536. The van der Waals surface area contributed by atoms with Gasteiger partial charge in [0.1, 0.15) is 16.4 Å². The number of rotatable bonds is 8. The highest BCUT2D eigenvalue weighted by molar-refractivity contribution is 7.92. The summed E-state index contributed by atoms with van der Waals surface area (Å²) in [5.74, 6) is -1.07. The summed E-state index contributed by atoms with van der Waals surface area (Å²) in [6, 6.07) is 18.4. The lowest BCUT2D eigenvalue weighted by Crippen LogP contribution is -2.16. The Bertz CT molecular complexity index is 1750. The quantitative estimate of drug-likeness (QED) is 0.286. The summed E-state index contributed by atoms with van der Waals surface area (Å²) in [4.78, 5) is 13.0. The number of anilines is 2. The zero-order valence-electron chi connectivity index (χ0n) is 20.1. The molecule has 5 rings (SSSR count). The number of hydrogen-bond donors (Lipinski definition) is 2. The number of aromatic nitrogens is 4. The lowest BCUT2D eigenvalue weighted by atomic mass is 10.2. The molecule has 2 N–H and O–H groups in total. The van der Waals surface area contributed by atoms with Crippen molar-refractivity contribution < 1.29 is 17.6 Å². The second-order valence-corrected chi connectivity index (χ2v) is 10.7. The minimum Gasteiger partial charge on any atom is -0.321 e. The molecule has 12 heteroatoms. The topological polar surface area (TPSA) is 111 Å². The van der Waals surface area contributed by atoms with Crippen LogP contribution in [0.1, 0.15) is 16.1 Å². The van der Waals surface area contributed by atoms with Gasteiger partial charge in [0.05, 0.1) is 22.4 Å². The molecule has 3 aromatic carbocycles. The van der Waals surface area contributed by atoms with Crippen LogP contribution in [0.15, 0.2) is 84.0 Å². The third-order valence-corrected chi connectivity index (χ3v) is 7.50. The Kier molecular flexibility index (Phi) is 6.87. The fourth-order valence-electron chi connectivity index (χ4n) is 4.01. The number of carbonyl (C=O) groups is 1. The molecule has 0 saturated heterocycles. The van der Waals surface area contributed by atoms with Crippen molar-refractivity contribution in [3.05, 3.63) is 101 Å². The smallest absolute Gasteiger partial charge is 0.274 e. The number of halogens is 2. The van der Waals surface area contributed by atoms with E-state index in [0.29, 0.717) is 23.1 Å². The molecule has 0 aliphatic carbocycles. The van der Waals surface area contributed by atoms with Gasteiger partial charge in [0.25, 0.3) is 15.9 Å². The van der Waals surface area contributed by atoms with Crippen LogP contribution in [0.4, 0.5) is 15.8 Å². The van der Waals surface area contributed by atoms with Gasteiger partial charge in [-0.1, -0.05) is 41.9 Å². The van der Waals surface area contributed by atoms with Crippen molar-refractivity contribution in [3.8, 4) is 0 Å². The number of nitrogens with zero attached hydrogens (tertiary/aromatic N) is 4. The molecule has 0 fully saturated rings. The molecular weight excluding hydrogens is 531 g/mol. The summed E-state index contributed by atoms with van der Waals surface area (Å²) in [5, 5.41) is 11.6. The van der Waals surface area contributed by atoms with Gasteiger partial charge in [-0.25, -0.2) is 12.8 Å². The highest BCUT2D eigenvalue weighted by Gasteiger charge is 2.20. The summed E-state index contributed by atoms with van der Waals surface area (Å²) < 4.78 is 44.9. The van der Waals surface area contributed by atoms with Gasteiger partial charge in [-0.15, -0.1) is 0 Å². The Morgan fingerprint density at radius 3 is 2.58 bits per heavy atom. The Hall–Kier alpha value is -4.22. The molecule has 0 atom stereocenters. The SMILES string of the molecule is Cn1nc2cc(NS(=O)(=O)c3cnn(CCc4ccccc4)c3)ccc2c1C(=O)Nc1ccc(F)c(Cl)c1. The van der Waals surface area contributed by atoms with Crippen LogP contribution in [-0.2, 0) is 30.0 Å². The van der Waals surface area contributed by atoms with Gasteiger partial charge in [-0.05, 0) is 48.4 Å². The van der Waals surface area contributed by atoms with Crippen molar-refractivity contribution in [2.24, 2.45) is 7.05 Å². The van der Waals surface area contributed by atoms with Crippen LogP contribution in [0.3, 0.4) is 0 Å². The maximum Gasteiger partial charge on any atom is 0.274 e. The molecule has 9 nitrogen and oxygen atoms in total. The molecule has 0 radical (unpaired) electrons. The molecule has 0 spiro atoms. The first-order chi connectivity index (χ1) is 18.2. The van der Waals surface area contributed by atoms with E-state index in [1.54, 1.807) is 23.9 Å². The highest BCUT2D eigenvalue weighted by Crippen LogP contribution is 2.25. The number of sulfonamides is 1. The molecule has 0 unspecified atom stereocenters. The van der Waals surface area contributed by atoms with Crippen molar-refractivity contribution in [2.75, 3.05) is 10.0 Å². The summed E-state index contributed by atoms with van der Waals surface area (Å²) in [7, 11) is -2.30. The number of fused-ring (bicyclic) bond motifs is 1. The second-order valence-electron chi connectivity index (χ2n) is 8.57. The van der Waals surface area contributed by atoms with E-state index < -0.39 is 21.7 Å². The second kappa shape index (κ2) is 10.3. The van der Waals surface area contributed by atoms with Crippen LogP contribution in [0.25, 0.3) is 10.9 Å². The van der Waals surface area contributed by atoms with Gasteiger partial charge in [-0.2, -0.15) is 10.2 Å². The van der Waals surface area contributed by atoms with E-state index >= 15 is 0 Å². The minimum absolute atomic E-state index is 0.0321. The average Bonchev–Trinajstić information content (AvgIpc) is 3.49. The normalized spacial score (nSPS) is 11.6. The van der Waals surface area contributed by atoms with Crippen molar-refractivity contribution in [1.29, 1.82) is 0 Å². The summed E-state index contributed by atoms with van der Waals surface area (Å²) >= 11 is 5.80. The molecule has 2 aromatic heterocycles. The first-order valence-corrected chi connectivity index (χ1v) is 13.4. The van der Waals surface area contributed by atoms with Crippen molar-refractivity contribution in [3.63, 3.8) is 0 Å². The molecule has 2 heterocycles. The van der Waals surface area contributed by atoms with E-state index in [-0.39, 0.29) is 21.3 Å². The predicted octanol–water partition coefficient (Wildman–Crippen LogP) is 4.86. The molecule has 0 saturated carbocycles. The molecule has 5 aromatic rings. The van der Waals surface area contributed by atoms with Crippen molar-refractivity contribution in [2.45, 2.75) is 17.9 Å². The number of nitrogens with one attached hydrogen (secondary N) is 2. The van der Waals surface area contributed by atoms with Crippen LogP contribution in [0.5, 0.6) is 0 Å². The predicted molar refractivity (Wildman–Crippen MR) is 143 cm³/mol. The van der Waals surface area contributed by atoms with Crippen LogP contribution in [0, 0.1) is 5.82 Å². The van der Waals surface area contributed by atoms with Gasteiger partial charge in [0.15, 0.2) is 0 Å². The third kappa shape index (κ3) is 5.38. The number of benzene rings is 3. The maximum atomic E-state index is 13.4.